The Morgan fingerprint density at radius 2 is 1.62 bits per heavy atom. The van der Waals surface area contributed by atoms with E-state index in [0.717, 1.165) is 16.8 Å². The fourth-order valence-electron chi connectivity index (χ4n) is 3.55. The second kappa shape index (κ2) is 8.86. The third kappa shape index (κ3) is 4.99. The van der Waals surface area contributed by atoms with Crippen molar-refractivity contribution in [1.82, 2.24) is 4.90 Å². The van der Waals surface area contributed by atoms with Gasteiger partial charge in [0.15, 0.2) is 5.78 Å². The number of anilines is 1. The minimum Gasteiger partial charge on any atom is -0.368 e. The topological polar surface area (TPSA) is 83.8 Å². The second-order valence-electron chi connectivity index (χ2n) is 7.38. The van der Waals surface area contributed by atoms with Crippen LogP contribution in [0.25, 0.3) is 0 Å². The van der Waals surface area contributed by atoms with Gasteiger partial charge in [0, 0.05) is 62.4 Å². The molecule has 1 amide bonds. The van der Waals surface area contributed by atoms with Gasteiger partial charge < -0.3 is 9.80 Å². The number of amides is 1. The number of hydrogen-bond acceptors (Lipinski definition) is 5. The summed E-state index contributed by atoms with van der Waals surface area (Å²) < 4.78 is 0. The molecule has 2 aromatic rings. The molecule has 0 spiro atoms. The zero-order chi connectivity index (χ0) is 21.0. The number of aryl methyl sites for hydroxylation is 2. The monoisotopic (exact) mass is 395 g/mol. The number of piperazine rings is 1. The van der Waals surface area contributed by atoms with E-state index in [2.05, 4.69) is 4.90 Å². The minimum atomic E-state index is -0.417. The molecule has 29 heavy (non-hydrogen) atoms. The highest BCUT2D eigenvalue weighted by molar-refractivity contribution is 5.99. The molecule has 1 fully saturated rings. The zero-order valence-corrected chi connectivity index (χ0v) is 16.8. The molecule has 0 saturated carbocycles. The van der Waals surface area contributed by atoms with Crippen LogP contribution in [0.2, 0.25) is 0 Å². The van der Waals surface area contributed by atoms with E-state index in [1.807, 2.05) is 32.0 Å². The van der Waals surface area contributed by atoms with Gasteiger partial charge in [0.1, 0.15) is 0 Å². The molecule has 0 N–H and O–H groups in total. The average Bonchev–Trinajstić information content (AvgIpc) is 2.73. The van der Waals surface area contributed by atoms with Crippen LogP contribution in [0, 0.1) is 24.0 Å². The number of nitro groups is 1. The Kier molecular flexibility index (Phi) is 6.26. The number of carbonyl (C=O) groups excluding carboxylic acids is 2. The highest BCUT2D eigenvalue weighted by Crippen LogP contribution is 2.21. The van der Waals surface area contributed by atoms with Crippen LogP contribution in [0.5, 0.6) is 0 Å². The molecular weight excluding hydrogens is 370 g/mol. The summed E-state index contributed by atoms with van der Waals surface area (Å²) in [6.45, 7) is 6.33. The molecule has 0 atom stereocenters. The van der Waals surface area contributed by atoms with Gasteiger partial charge in [0.2, 0.25) is 5.91 Å². The Morgan fingerprint density at radius 1 is 0.966 bits per heavy atom. The molecule has 1 aliphatic heterocycles. The number of non-ortho nitro benzene ring substituents is 1. The fraction of sp³-hybridized carbons (Fsp3) is 0.364. The zero-order valence-electron chi connectivity index (χ0n) is 16.8. The van der Waals surface area contributed by atoms with Crippen LogP contribution < -0.4 is 4.90 Å². The number of carbonyl (C=O) groups is 2. The normalized spacial score (nSPS) is 14.0. The summed E-state index contributed by atoms with van der Waals surface area (Å²) in [5.74, 6) is -0.00364. The first kappa shape index (κ1) is 20.5. The smallest absolute Gasteiger partial charge is 0.269 e. The molecule has 1 aliphatic rings. The number of nitrogens with zero attached hydrogens (tertiary/aromatic N) is 3. The summed E-state index contributed by atoms with van der Waals surface area (Å²) in [4.78, 5) is 39.3. The van der Waals surface area contributed by atoms with Gasteiger partial charge in [-0.3, -0.25) is 19.7 Å². The number of hydrogen-bond donors (Lipinski definition) is 0. The summed E-state index contributed by atoms with van der Waals surface area (Å²) in [5.41, 5.74) is 3.64. The predicted octanol–water partition coefficient (Wildman–Crippen LogP) is 3.52. The molecule has 2 aromatic carbocycles. The van der Waals surface area contributed by atoms with Crippen molar-refractivity contribution in [2.75, 3.05) is 31.1 Å². The largest absolute Gasteiger partial charge is 0.368 e. The summed E-state index contributed by atoms with van der Waals surface area (Å²) >= 11 is 0. The highest BCUT2D eigenvalue weighted by atomic mass is 16.6. The molecule has 7 nitrogen and oxygen atoms in total. The molecule has 3 rings (SSSR count). The maximum Gasteiger partial charge on any atom is 0.269 e. The molecule has 0 unspecified atom stereocenters. The number of rotatable bonds is 6. The van der Waals surface area contributed by atoms with Crippen LogP contribution in [-0.2, 0) is 4.79 Å². The van der Waals surface area contributed by atoms with E-state index in [0.29, 0.717) is 31.7 Å². The van der Waals surface area contributed by atoms with Gasteiger partial charge in [0.25, 0.3) is 5.69 Å². The third-order valence-corrected chi connectivity index (χ3v) is 5.32. The molecule has 1 heterocycles. The summed E-state index contributed by atoms with van der Waals surface area (Å²) in [5, 5.41) is 10.8. The van der Waals surface area contributed by atoms with E-state index in [1.54, 1.807) is 17.0 Å². The van der Waals surface area contributed by atoms with Crippen molar-refractivity contribution in [2.24, 2.45) is 0 Å². The van der Waals surface area contributed by atoms with Crippen LogP contribution >= 0.6 is 0 Å². The lowest BCUT2D eigenvalue weighted by Crippen LogP contribution is -2.48. The van der Waals surface area contributed by atoms with Crippen LogP contribution in [0.3, 0.4) is 0 Å². The molecule has 0 radical (unpaired) electrons. The highest BCUT2D eigenvalue weighted by Gasteiger charge is 2.22. The van der Waals surface area contributed by atoms with E-state index in [4.69, 9.17) is 0 Å². The van der Waals surface area contributed by atoms with Gasteiger partial charge in [-0.25, -0.2) is 0 Å². The maximum absolute atomic E-state index is 12.5. The van der Waals surface area contributed by atoms with Crippen molar-refractivity contribution in [3.8, 4) is 0 Å². The lowest BCUT2D eigenvalue weighted by Gasteiger charge is -2.36. The van der Waals surface area contributed by atoms with Crippen molar-refractivity contribution < 1.29 is 14.5 Å². The number of Topliss-reactive ketones (excluding diaryl/α,β-unsaturated/α-hetero) is 1. The van der Waals surface area contributed by atoms with Gasteiger partial charge in [-0.05, 0) is 37.6 Å². The molecule has 7 heteroatoms. The Hall–Kier alpha value is -3.22. The molecule has 0 bridgehead atoms. The fourth-order valence-corrected chi connectivity index (χ4v) is 3.55. The number of benzene rings is 2. The van der Waals surface area contributed by atoms with Gasteiger partial charge in [-0.2, -0.15) is 0 Å². The average molecular weight is 395 g/mol. The quantitative estimate of drug-likeness (QED) is 0.424. The van der Waals surface area contributed by atoms with Crippen LogP contribution in [0.1, 0.15) is 34.3 Å². The molecule has 1 saturated heterocycles. The summed E-state index contributed by atoms with van der Waals surface area (Å²) in [6.07, 6.45) is 0.426. The van der Waals surface area contributed by atoms with E-state index < -0.39 is 4.92 Å². The van der Waals surface area contributed by atoms with Crippen LogP contribution in [0.4, 0.5) is 11.4 Å². The molecule has 152 valence electrons. The first-order valence-corrected chi connectivity index (χ1v) is 9.73. The Morgan fingerprint density at radius 3 is 2.24 bits per heavy atom. The summed E-state index contributed by atoms with van der Waals surface area (Å²) in [6, 6.07) is 12.2. The lowest BCUT2D eigenvalue weighted by molar-refractivity contribution is -0.384. The third-order valence-electron chi connectivity index (χ3n) is 5.32. The van der Waals surface area contributed by atoms with E-state index in [-0.39, 0.29) is 30.2 Å². The van der Waals surface area contributed by atoms with E-state index in [1.165, 1.54) is 12.1 Å². The summed E-state index contributed by atoms with van der Waals surface area (Å²) in [7, 11) is 0. The number of ketones is 1. The molecule has 0 aliphatic carbocycles. The van der Waals surface area contributed by atoms with E-state index >= 15 is 0 Å². The first-order valence-electron chi connectivity index (χ1n) is 9.73. The van der Waals surface area contributed by atoms with Crippen LogP contribution in [-0.4, -0.2) is 47.7 Å². The molecular formula is C22H25N3O4. The van der Waals surface area contributed by atoms with Crippen molar-refractivity contribution in [2.45, 2.75) is 26.7 Å². The standard InChI is InChI=1S/C22H25N3O4/c1-16-3-4-17(2)20(15-16)21(26)9-10-22(27)24-13-11-23(12-14-24)18-5-7-19(8-6-18)25(28)29/h3-8,15H,9-14H2,1-2H3. The van der Waals surface area contributed by atoms with Crippen molar-refractivity contribution in [1.29, 1.82) is 0 Å². The van der Waals surface area contributed by atoms with Crippen LogP contribution in [0.15, 0.2) is 42.5 Å². The van der Waals surface area contributed by atoms with Crippen molar-refractivity contribution >= 4 is 23.1 Å². The van der Waals surface area contributed by atoms with Gasteiger partial charge in [0.05, 0.1) is 4.92 Å². The van der Waals surface area contributed by atoms with E-state index in [9.17, 15) is 19.7 Å². The number of nitro benzene ring substituents is 1. The van der Waals surface area contributed by atoms with Crippen molar-refractivity contribution in [3.05, 3.63) is 69.3 Å². The SMILES string of the molecule is Cc1ccc(C)c(C(=O)CCC(=O)N2CCN(c3ccc([N+](=O)[O-])cc3)CC2)c1. The Labute approximate surface area is 170 Å². The Balaban J connectivity index is 1.50. The second-order valence-corrected chi connectivity index (χ2v) is 7.38. The van der Waals surface area contributed by atoms with Crippen molar-refractivity contribution in [3.63, 3.8) is 0 Å². The first-order chi connectivity index (χ1) is 13.8. The Bertz CT molecular complexity index is 916. The lowest BCUT2D eigenvalue weighted by atomic mass is 9.99. The minimum absolute atomic E-state index is 0.00376. The predicted molar refractivity (Wildman–Crippen MR) is 111 cm³/mol. The molecule has 0 aromatic heterocycles. The maximum atomic E-state index is 12.5. The van der Waals surface area contributed by atoms with Gasteiger partial charge in [-0.1, -0.05) is 17.7 Å². The van der Waals surface area contributed by atoms with Gasteiger partial charge in [-0.15, -0.1) is 0 Å². The van der Waals surface area contributed by atoms with Gasteiger partial charge >= 0.3 is 0 Å².